The Morgan fingerprint density at radius 3 is 2.36 bits per heavy atom. The summed E-state index contributed by atoms with van der Waals surface area (Å²) in [6.07, 6.45) is 1.41. The lowest BCUT2D eigenvalue weighted by Gasteiger charge is -2.09. The summed E-state index contributed by atoms with van der Waals surface area (Å²) in [4.78, 5) is 10.9. The number of hydrogen-bond acceptors (Lipinski definition) is 6. The fourth-order valence-corrected chi connectivity index (χ4v) is 2.32. The van der Waals surface area contributed by atoms with Crippen LogP contribution in [0.15, 0.2) is 42.1 Å². The van der Waals surface area contributed by atoms with E-state index in [4.69, 9.17) is 14.2 Å². The Morgan fingerprint density at radius 2 is 1.80 bits per heavy atom. The monoisotopic (exact) mass is 345 g/mol. The molecule has 7 nitrogen and oxygen atoms in total. The van der Waals surface area contributed by atoms with Crippen LogP contribution in [-0.2, 0) is 6.42 Å². The van der Waals surface area contributed by atoms with Crippen molar-refractivity contribution in [2.45, 2.75) is 6.42 Å². The third-order valence-corrected chi connectivity index (χ3v) is 3.63. The molecule has 7 heteroatoms. The van der Waals surface area contributed by atoms with Crippen molar-refractivity contribution < 1.29 is 24.2 Å². The van der Waals surface area contributed by atoms with Gasteiger partial charge in [0.2, 0.25) is 0 Å². The Bertz CT molecular complexity index is 800. The van der Waals surface area contributed by atoms with E-state index in [-0.39, 0.29) is 17.9 Å². The van der Waals surface area contributed by atoms with Crippen LogP contribution in [0.4, 0.5) is 0 Å². The highest BCUT2D eigenvalue weighted by atomic mass is 16.6. The van der Waals surface area contributed by atoms with Crippen molar-refractivity contribution in [1.29, 1.82) is 0 Å². The van der Waals surface area contributed by atoms with Gasteiger partial charge >= 0.3 is 0 Å². The van der Waals surface area contributed by atoms with Gasteiger partial charge in [0.05, 0.1) is 32.7 Å². The molecule has 2 aromatic carbocycles. The molecule has 132 valence electrons. The minimum Gasteiger partial charge on any atom is -0.507 e. The van der Waals surface area contributed by atoms with Gasteiger partial charge in [-0.25, -0.2) is 0 Å². The summed E-state index contributed by atoms with van der Waals surface area (Å²) in [5, 5.41) is 21.4. The predicted octanol–water partition coefficient (Wildman–Crippen LogP) is 3.28. The van der Waals surface area contributed by atoms with Gasteiger partial charge in [-0.3, -0.25) is 10.1 Å². The number of phenols is 1. The summed E-state index contributed by atoms with van der Waals surface area (Å²) in [7, 11) is 4.50. The van der Waals surface area contributed by atoms with Crippen LogP contribution >= 0.6 is 0 Å². The SMILES string of the molecule is COc1ccc(/C=C(/Cc2ccc(OC)c(OC)c2)[N+](=O)[O-])c(O)c1. The predicted molar refractivity (Wildman–Crippen MR) is 92.9 cm³/mol. The molecule has 0 aliphatic carbocycles. The molecule has 0 bridgehead atoms. The van der Waals surface area contributed by atoms with Crippen LogP contribution in [0.5, 0.6) is 23.0 Å². The zero-order valence-electron chi connectivity index (χ0n) is 14.2. The highest BCUT2D eigenvalue weighted by Gasteiger charge is 2.15. The van der Waals surface area contributed by atoms with Crippen LogP contribution in [-0.4, -0.2) is 31.4 Å². The summed E-state index contributed by atoms with van der Waals surface area (Å²) in [5.41, 5.74) is 0.967. The molecule has 0 aliphatic heterocycles. The van der Waals surface area contributed by atoms with Crippen molar-refractivity contribution in [1.82, 2.24) is 0 Å². The van der Waals surface area contributed by atoms with Crippen molar-refractivity contribution in [2.24, 2.45) is 0 Å². The molecule has 0 saturated carbocycles. The largest absolute Gasteiger partial charge is 0.507 e. The first-order chi connectivity index (χ1) is 12.0. The van der Waals surface area contributed by atoms with E-state index in [2.05, 4.69) is 0 Å². The van der Waals surface area contributed by atoms with Crippen molar-refractivity contribution in [3.8, 4) is 23.0 Å². The van der Waals surface area contributed by atoms with Crippen LogP contribution in [0, 0.1) is 10.1 Å². The van der Waals surface area contributed by atoms with Crippen molar-refractivity contribution in [3.05, 3.63) is 63.3 Å². The maximum atomic E-state index is 11.4. The molecule has 0 unspecified atom stereocenters. The number of benzene rings is 2. The highest BCUT2D eigenvalue weighted by Crippen LogP contribution is 2.30. The fourth-order valence-electron chi connectivity index (χ4n) is 2.32. The normalized spacial score (nSPS) is 11.1. The molecule has 0 saturated heterocycles. The summed E-state index contributed by atoms with van der Waals surface area (Å²) in [6, 6.07) is 9.69. The Morgan fingerprint density at radius 1 is 1.08 bits per heavy atom. The molecule has 2 rings (SSSR count). The quantitative estimate of drug-likeness (QED) is 0.612. The molecule has 2 aromatic rings. The van der Waals surface area contributed by atoms with E-state index in [1.54, 1.807) is 30.3 Å². The van der Waals surface area contributed by atoms with E-state index in [9.17, 15) is 15.2 Å². The van der Waals surface area contributed by atoms with Gasteiger partial charge in [-0.2, -0.15) is 0 Å². The number of hydrogen-bond donors (Lipinski definition) is 1. The van der Waals surface area contributed by atoms with E-state index in [1.165, 1.54) is 33.5 Å². The Balaban J connectivity index is 2.34. The molecule has 0 atom stereocenters. The first-order valence-electron chi connectivity index (χ1n) is 7.41. The molecule has 0 heterocycles. The Labute approximate surface area is 145 Å². The van der Waals surface area contributed by atoms with Gasteiger partial charge in [-0.15, -0.1) is 0 Å². The molecular formula is C18H19NO6. The molecule has 0 aliphatic rings. The van der Waals surface area contributed by atoms with E-state index < -0.39 is 4.92 Å². The van der Waals surface area contributed by atoms with Crippen LogP contribution < -0.4 is 14.2 Å². The maximum Gasteiger partial charge on any atom is 0.251 e. The number of allylic oxidation sites excluding steroid dienone is 1. The average molecular weight is 345 g/mol. The minimum absolute atomic E-state index is 0.0623. The molecule has 0 fully saturated rings. The number of nitrogens with zero attached hydrogens (tertiary/aromatic N) is 1. The second-order valence-corrected chi connectivity index (χ2v) is 5.18. The van der Waals surface area contributed by atoms with Crippen LogP contribution in [0.1, 0.15) is 11.1 Å². The van der Waals surface area contributed by atoms with E-state index in [0.29, 0.717) is 28.4 Å². The molecule has 0 spiro atoms. The maximum absolute atomic E-state index is 11.4. The smallest absolute Gasteiger partial charge is 0.251 e. The molecule has 0 aromatic heterocycles. The van der Waals surface area contributed by atoms with E-state index in [0.717, 1.165) is 0 Å². The van der Waals surface area contributed by atoms with Crippen molar-refractivity contribution >= 4 is 6.08 Å². The van der Waals surface area contributed by atoms with Crippen LogP contribution in [0.3, 0.4) is 0 Å². The Hall–Kier alpha value is -3.22. The first kappa shape index (κ1) is 18.1. The van der Waals surface area contributed by atoms with E-state index >= 15 is 0 Å². The summed E-state index contributed by atoms with van der Waals surface area (Å²) < 4.78 is 15.4. The lowest BCUT2D eigenvalue weighted by Crippen LogP contribution is -2.03. The third-order valence-electron chi connectivity index (χ3n) is 3.63. The van der Waals surface area contributed by atoms with E-state index in [1.807, 2.05) is 0 Å². The van der Waals surface area contributed by atoms with Gasteiger partial charge in [-0.1, -0.05) is 6.07 Å². The second-order valence-electron chi connectivity index (χ2n) is 5.18. The third kappa shape index (κ3) is 4.41. The van der Waals surface area contributed by atoms with Gasteiger partial charge < -0.3 is 19.3 Å². The lowest BCUT2D eigenvalue weighted by molar-refractivity contribution is -0.425. The summed E-state index contributed by atoms with van der Waals surface area (Å²) in [6.45, 7) is 0. The van der Waals surface area contributed by atoms with Crippen molar-refractivity contribution in [2.75, 3.05) is 21.3 Å². The van der Waals surface area contributed by atoms with Crippen molar-refractivity contribution in [3.63, 3.8) is 0 Å². The standard InChI is InChI=1S/C18H19NO6/c1-23-15-6-5-13(16(20)11-15)10-14(19(21)22)8-12-4-7-17(24-2)18(9-12)25-3/h4-7,9-11,20H,8H2,1-3H3/b14-10-. The van der Waals surface area contributed by atoms with Gasteiger partial charge in [0.1, 0.15) is 11.5 Å². The topological polar surface area (TPSA) is 91.1 Å². The first-order valence-corrected chi connectivity index (χ1v) is 7.41. The van der Waals surface area contributed by atoms with Gasteiger partial charge in [0, 0.05) is 17.7 Å². The number of aromatic hydroxyl groups is 1. The number of rotatable bonds is 7. The molecule has 0 amide bonds. The van der Waals surface area contributed by atoms with Gasteiger partial charge in [-0.05, 0) is 29.8 Å². The number of ether oxygens (including phenoxy) is 3. The summed E-state index contributed by atoms with van der Waals surface area (Å²) >= 11 is 0. The summed E-state index contributed by atoms with van der Waals surface area (Å²) in [5.74, 6) is 1.42. The number of nitro groups is 1. The molecule has 0 radical (unpaired) electrons. The van der Waals surface area contributed by atoms with Crippen LogP contribution in [0.25, 0.3) is 6.08 Å². The minimum atomic E-state index is -0.472. The second kappa shape index (κ2) is 8.05. The Kier molecular flexibility index (Phi) is 5.84. The molecule has 1 N–H and O–H groups in total. The van der Waals surface area contributed by atoms with Gasteiger partial charge in [0.15, 0.2) is 11.5 Å². The number of methoxy groups -OCH3 is 3. The fraction of sp³-hybridized carbons (Fsp3) is 0.222. The zero-order chi connectivity index (χ0) is 18.4. The van der Waals surface area contributed by atoms with Crippen LogP contribution in [0.2, 0.25) is 0 Å². The molecular weight excluding hydrogens is 326 g/mol. The zero-order valence-corrected chi connectivity index (χ0v) is 14.2. The van der Waals surface area contributed by atoms with Gasteiger partial charge in [0.25, 0.3) is 5.70 Å². The molecule has 25 heavy (non-hydrogen) atoms. The lowest BCUT2D eigenvalue weighted by atomic mass is 10.1. The highest BCUT2D eigenvalue weighted by molar-refractivity contribution is 5.60. The average Bonchev–Trinajstić information content (AvgIpc) is 2.62. The number of phenolic OH excluding ortho intramolecular Hbond substituents is 1.